The second-order valence-electron chi connectivity index (χ2n) is 3.63. The summed E-state index contributed by atoms with van der Waals surface area (Å²) in [5, 5.41) is 11.5. The Morgan fingerprint density at radius 2 is 1.90 bits per heavy atom. The molecule has 1 aromatic carbocycles. The van der Waals surface area contributed by atoms with Crippen LogP contribution in [0.1, 0.15) is 0 Å². The average molecular weight is 323 g/mol. The van der Waals surface area contributed by atoms with Crippen LogP contribution in [0.15, 0.2) is 12.1 Å². The van der Waals surface area contributed by atoms with Crippen LogP contribution in [0.4, 0.5) is 19.3 Å². The molecule has 0 aliphatic rings. The molecule has 0 heterocycles. The zero-order chi connectivity index (χ0) is 16.0. The minimum Gasteiger partial charge on any atom is -0.480 e. The van der Waals surface area contributed by atoms with Crippen LogP contribution in [-0.4, -0.2) is 36.2 Å². The van der Waals surface area contributed by atoms with Gasteiger partial charge >= 0.3 is 12.0 Å². The number of anilines is 1. The van der Waals surface area contributed by atoms with Gasteiger partial charge in [0.05, 0.1) is 10.7 Å². The molecular formula is C11H9ClF2N2O5. The monoisotopic (exact) mass is 322 g/mol. The van der Waals surface area contributed by atoms with Gasteiger partial charge < -0.3 is 15.2 Å². The lowest BCUT2D eigenvalue weighted by Gasteiger charge is -2.09. The van der Waals surface area contributed by atoms with Gasteiger partial charge in [-0.15, -0.1) is 0 Å². The Morgan fingerprint density at radius 1 is 1.24 bits per heavy atom. The van der Waals surface area contributed by atoms with Crippen molar-refractivity contribution in [3.05, 3.63) is 28.8 Å². The van der Waals surface area contributed by atoms with Crippen molar-refractivity contribution in [1.29, 1.82) is 0 Å². The van der Waals surface area contributed by atoms with Crippen LogP contribution in [-0.2, 0) is 14.3 Å². The third kappa shape index (κ3) is 5.71. The number of carbonyl (C=O) groups excluding carboxylic acids is 2. The molecule has 114 valence electrons. The van der Waals surface area contributed by atoms with Gasteiger partial charge in [-0.2, -0.15) is 0 Å². The molecular weight excluding hydrogens is 314 g/mol. The molecule has 3 N–H and O–H groups in total. The third-order valence-corrected chi connectivity index (χ3v) is 2.26. The molecule has 21 heavy (non-hydrogen) atoms. The lowest BCUT2D eigenvalue weighted by atomic mass is 10.3. The number of rotatable bonds is 5. The molecule has 3 amide bonds. The molecule has 0 aliphatic carbocycles. The number of imide groups is 1. The molecule has 7 nitrogen and oxygen atoms in total. The number of benzene rings is 1. The number of hydrogen-bond donors (Lipinski definition) is 3. The number of ether oxygens (including phenoxy) is 1. The van der Waals surface area contributed by atoms with E-state index in [9.17, 15) is 23.2 Å². The van der Waals surface area contributed by atoms with Crippen molar-refractivity contribution in [2.24, 2.45) is 0 Å². The molecule has 0 bridgehead atoms. The Kier molecular flexibility index (Phi) is 6.00. The van der Waals surface area contributed by atoms with E-state index in [4.69, 9.17) is 16.7 Å². The quantitative estimate of drug-likeness (QED) is 0.759. The van der Waals surface area contributed by atoms with E-state index in [1.165, 1.54) is 0 Å². The van der Waals surface area contributed by atoms with E-state index in [-0.39, 0.29) is 0 Å². The Morgan fingerprint density at radius 3 is 2.48 bits per heavy atom. The largest absolute Gasteiger partial charge is 0.480 e. The zero-order valence-electron chi connectivity index (χ0n) is 10.3. The van der Waals surface area contributed by atoms with Crippen molar-refractivity contribution in [3.8, 4) is 0 Å². The van der Waals surface area contributed by atoms with Crippen molar-refractivity contribution in [2.75, 3.05) is 18.5 Å². The Labute approximate surface area is 121 Å². The van der Waals surface area contributed by atoms with E-state index < -0.39 is 53.5 Å². The molecule has 0 aliphatic heterocycles. The maximum Gasteiger partial charge on any atom is 0.329 e. The van der Waals surface area contributed by atoms with Gasteiger partial charge in [-0.3, -0.25) is 10.1 Å². The summed E-state index contributed by atoms with van der Waals surface area (Å²) in [6, 6.07) is 0.142. The molecule has 0 spiro atoms. The Hall–Kier alpha value is -2.26. The van der Waals surface area contributed by atoms with E-state index in [1.54, 1.807) is 5.32 Å². The molecule has 0 fully saturated rings. The maximum absolute atomic E-state index is 13.4. The first kappa shape index (κ1) is 16.8. The smallest absolute Gasteiger partial charge is 0.329 e. The molecule has 0 saturated carbocycles. The number of carboxylic acids is 1. The molecule has 1 aromatic rings. The first-order chi connectivity index (χ1) is 9.79. The number of amides is 3. The summed E-state index contributed by atoms with van der Waals surface area (Å²) >= 11 is 5.54. The van der Waals surface area contributed by atoms with E-state index in [2.05, 4.69) is 4.74 Å². The minimum atomic E-state index is -1.28. The fourth-order valence-corrected chi connectivity index (χ4v) is 1.44. The second kappa shape index (κ2) is 7.50. The number of halogens is 3. The summed E-state index contributed by atoms with van der Waals surface area (Å²) in [5.41, 5.74) is -0.505. The van der Waals surface area contributed by atoms with Gasteiger partial charge in [-0.05, 0) is 6.07 Å². The molecule has 0 atom stereocenters. The van der Waals surface area contributed by atoms with Crippen LogP contribution >= 0.6 is 11.6 Å². The summed E-state index contributed by atoms with van der Waals surface area (Å²) in [6.45, 7) is -1.40. The Balaban J connectivity index is 2.54. The predicted octanol–water partition coefficient (Wildman–Crippen LogP) is 1.37. The molecule has 0 radical (unpaired) electrons. The molecule has 1 rings (SSSR count). The fraction of sp³-hybridized carbons (Fsp3) is 0.182. The number of hydrogen-bond acceptors (Lipinski definition) is 4. The fourth-order valence-electron chi connectivity index (χ4n) is 1.20. The zero-order valence-corrected chi connectivity index (χ0v) is 11.0. The highest BCUT2D eigenvalue weighted by Gasteiger charge is 2.15. The van der Waals surface area contributed by atoms with Crippen molar-refractivity contribution >= 4 is 35.2 Å². The van der Waals surface area contributed by atoms with Gasteiger partial charge in [0.15, 0.2) is 5.82 Å². The first-order valence-electron chi connectivity index (χ1n) is 5.34. The minimum absolute atomic E-state index is 0.391. The summed E-state index contributed by atoms with van der Waals surface area (Å²) in [6.07, 6.45) is 0. The standard InChI is InChI=1S/C11H9ClF2N2O5/c12-6-1-5(13)2-7(14)10(6)16-11(20)15-8(17)3-21-4-9(18)19/h1-2H,3-4H2,(H,18,19)(H2,15,16,17,20). The third-order valence-electron chi connectivity index (χ3n) is 1.96. The summed E-state index contributed by atoms with van der Waals surface area (Å²) in [7, 11) is 0. The lowest BCUT2D eigenvalue weighted by Crippen LogP contribution is -2.37. The van der Waals surface area contributed by atoms with Crippen LogP contribution in [0.5, 0.6) is 0 Å². The van der Waals surface area contributed by atoms with Crippen LogP contribution < -0.4 is 10.6 Å². The van der Waals surface area contributed by atoms with Gasteiger partial charge in [0.2, 0.25) is 0 Å². The SMILES string of the molecule is O=C(O)COCC(=O)NC(=O)Nc1c(F)cc(F)cc1Cl. The highest BCUT2D eigenvalue weighted by molar-refractivity contribution is 6.33. The van der Waals surface area contributed by atoms with Crippen LogP contribution in [0.2, 0.25) is 5.02 Å². The van der Waals surface area contributed by atoms with Gasteiger partial charge in [-0.1, -0.05) is 11.6 Å². The summed E-state index contributed by atoms with van der Waals surface area (Å²) in [5.74, 6) is -4.29. The van der Waals surface area contributed by atoms with E-state index in [0.717, 1.165) is 6.07 Å². The van der Waals surface area contributed by atoms with E-state index >= 15 is 0 Å². The van der Waals surface area contributed by atoms with Crippen LogP contribution in [0, 0.1) is 11.6 Å². The number of aliphatic carboxylic acids is 1. The molecule has 0 aromatic heterocycles. The highest BCUT2D eigenvalue weighted by Crippen LogP contribution is 2.26. The molecule has 0 unspecified atom stereocenters. The molecule has 0 saturated heterocycles. The van der Waals surface area contributed by atoms with Gasteiger partial charge in [0, 0.05) is 6.07 Å². The summed E-state index contributed by atoms with van der Waals surface area (Å²) < 4.78 is 30.6. The predicted molar refractivity (Wildman–Crippen MR) is 67.0 cm³/mol. The average Bonchev–Trinajstić information content (AvgIpc) is 2.33. The van der Waals surface area contributed by atoms with Crippen LogP contribution in [0.3, 0.4) is 0 Å². The van der Waals surface area contributed by atoms with Crippen molar-refractivity contribution in [3.63, 3.8) is 0 Å². The number of carbonyl (C=O) groups is 3. The maximum atomic E-state index is 13.4. The molecule has 10 heteroatoms. The number of urea groups is 1. The Bertz CT molecular complexity index is 559. The lowest BCUT2D eigenvalue weighted by molar-refractivity contribution is -0.143. The van der Waals surface area contributed by atoms with Crippen molar-refractivity contribution < 1.29 is 33.0 Å². The second-order valence-corrected chi connectivity index (χ2v) is 4.04. The van der Waals surface area contributed by atoms with Crippen LogP contribution in [0.25, 0.3) is 0 Å². The van der Waals surface area contributed by atoms with Crippen molar-refractivity contribution in [2.45, 2.75) is 0 Å². The highest BCUT2D eigenvalue weighted by atomic mass is 35.5. The van der Waals surface area contributed by atoms with Gasteiger partial charge in [0.25, 0.3) is 5.91 Å². The normalized spacial score (nSPS) is 10.0. The number of nitrogens with one attached hydrogen (secondary N) is 2. The van der Waals surface area contributed by atoms with E-state index in [0.29, 0.717) is 6.07 Å². The van der Waals surface area contributed by atoms with Gasteiger partial charge in [-0.25, -0.2) is 18.4 Å². The number of carboxylic acid groups (broad SMARTS) is 1. The first-order valence-corrected chi connectivity index (χ1v) is 5.72. The topological polar surface area (TPSA) is 105 Å². The van der Waals surface area contributed by atoms with Crippen molar-refractivity contribution in [1.82, 2.24) is 5.32 Å². The summed E-state index contributed by atoms with van der Waals surface area (Å²) in [4.78, 5) is 32.7. The van der Waals surface area contributed by atoms with E-state index in [1.807, 2.05) is 5.32 Å². The van der Waals surface area contributed by atoms with Gasteiger partial charge in [0.1, 0.15) is 19.0 Å².